The van der Waals surface area contributed by atoms with Crippen molar-refractivity contribution in [1.82, 2.24) is 14.9 Å². The third-order valence-electron chi connectivity index (χ3n) is 6.08. The smallest absolute Gasteiger partial charge is 0.333 e. The molecule has 3 aromatic rings. The zero-order chi connectivity index (χ0) is 23.9. The molecule has 1 saturated heterocycles. The van der Waals surface area contributed by atoms with Crippen molar-refractivity contribution in [2.45, 2.75) is 51.3 Å². The zero-order valence-corrected chi connectivity index (χ0v) is 19.4. The van der Waals surface area contributed by atoms with Crippen molar-refractivity contribution in [3.8, 4) is 5.75 Å². The molecule has 2 N–H and O–H groups in total. The van der Waals surface area contributed by atoms with Crippen LogP contribution in [-0.2, 0) is 22.5 Å². The molecule has 2 unspecified atom stereocenters. The molecule has 180 valence electrons. The topological polar surface area (TPSA) is 103 Å². The normalized spacial score (nSPS) is 16.9. The Balaban J connectivity index is 1.46. The Labute approximate surface area is 198 Å². The monoisotopic (exact) mass is 465 g/mol. The van der Waals surface area contributed by atoms with E-state index in [4.69, 9.17) is 14.5 Å². The lowest BCUT2D eigenvalue weighted by atomic mass is 10.0. The molecule has 34 heavy (non-hydrogen) atoms. The van der Waals surface area contributed by atoms with Gasteiger partial charge in [0.25, 0.3) is 5.56 Å². The molecular formula is C26H31N3O5. The van der Waals surface area contributed by atoms with Crippen LogP contribution in [0.3, 0.4) is 0 Å². The summed E-state index contributed by atoms with van der Waals surface area (Å²) in [6, 6.07) is 14.8. The van der Waals surface area contributed by atoms with Gasteiger partial charge in [-0.05, 0) is 56.1 Å². The summed E-state index contributed by atoms with van der Waals surface area (Å²) in [5, 5.41) is 13.4. The van der Waals surface area contributed by atoms with Gasteiger partial charge < -0.3 is 19.9 Å². The molecule has 0 spiro atoms. The molecule has 1 fully saturated rings. The molecule has 2 atom stereocenters. The molecule has 0 amide bonds. The van der Waals surface area contributed by atoms with Crippen LogP contribution in [0, 0.1) is 0 Å². The number of benzene rings is 2. The number of carbonyl (C=O) groups is 1. The summed E-state index contributed by atoms with van der Waals surface area (Å²) in [5.41, 5.74) is 1.52. The number of piperidine rings is 1. The Bertz CT molecular complexity index is 1170. The van der Waals surface area contributed by atoms with E-state index in [-0.39, 0.29) is 11.6 Å². The fraction of sp³-hybridized carbons (Fsp3) is 0.423. The van der Waals surface area contributed by atoms with Crippen LogP contribution in [0.5, 0.6) is 5.75 Å². The fourth-order valence-electron chi connectivity index (χ4n) is 4.35. The third-order valence-corrected chi connectivity index (χ3v) is 6.08. The van der Waals surface area contributed by atoms with Crippen molar-refractivity contribution in [2.75, 3.05) is 19.8 Å². The van der Waals surface area contributed by atoms with Crippen molar-refractivity contribution in [3.05, 3.63) is 70.3 Å². The number of carboxylic acids is 1. The Morgan fingerprint density at radius 1 is 1.21 bits per heavy atom. The Morgan fingerprint density at radius 2 is 2.00 bits per heavy atom. The summed E-state index contributed by atoms with van der Waals surface area (Å²) in [6.07, 6.45) is 2.61. The Kier molecular flexibility index (Phi) is 7.92. The average Bonchev–Trinajstić information content (AvgIpc) is 2.86. The number of nitrogens with zero attached hydrogens (tertiary/aromatic N) is 2. The molecule has 0 aliphatic carbocycles. The highest BCUT2D eigenvalue weighted by Crippen LogP contribution is 2.22. The number of aliphatic carboxylic acids is 1. The highest BCUT2D eigenvalue weighted by molar-refractivity contribution is 5.77. The summed E-state index contributed by atoms with van der Waals surface area (Å²) in [6.45, 7) is 3.74. The summed E-state index contributed by atoms with van der Waals surface area (Å²) in [5.74, 6) is 0.448. The van der Waals surface area contributed by atoms with Crippen molar-refractivity contribution in [2.24, 2.45) is 0 Å². The minimum atomic E-state index is -0.972. The fourth-order valence-corrected chi connectivity index (χ4v) is 4.35. The van der Waals surface area contributed by atoms with Crippen LogP contribution in [0.2, 0.25) is 0 Å². The van der Waals surface area contributed by atoms with Crippen molar-refractivity contribution >= 4 is 16.9 Å². The largest absolute Gasteiger partial charge is 0.492 e. The molecule has 0 bridgehead atoms. The van der Waals surface area contributed by atoms with Crippen LogP contribution in [0.25, 0.3) is 10.9 Å². The second-order valence-electron chi connectivity index (χ2n) is 8.43. The van der Waals surface area contributed by atoms with Crippen LogP contribution in [0.15, 0.2) is 53.3 Å². The van der Waals surface area contributed by atoms with E-state index >= 15 is 0 Å². The maximum absolute atomic E-state index is 13.3. The number of hydrogen-bond donors (Lipinski definition) is 2. The molecule has 2 heterocycles. The molecule has 0 radical (unpaired) electrons. The van der Waals surface area contributed by atoms with Gasteiger partial charge in [-0.15, -0.1) is 0 Å². The lowest BCUT2D eigenvalue weighted by Crippen LogP contribution is -2.35. The van der Waals surface area contributed by atoms with Gasteiger partial charge in [-0.3, -0.25) is 9.36 Å². The molecule has 0 saturated carbocycles. The number of hydrogen-bond acceptors (Lipinski definition) is 6. The molecule has 4 rings (SSSR count). The van der Waals surface area contributed by atoms with Crippen LogP contribution >= 0.6 is 0 Å². The predicted octanol–water partition coefficient (Wildman–Crippen LogP) is 3.32. The maximum atomic E-state index is 13.3. The summed E-state index contributed by atoms with van der Waals surface area (Å²) >= 11 is 0. The van der Waals surface area contributed by atoms with Crippen molar-refractivity contribution in [1.29, 1.82) is 0 Å². The standard InChI is InChI=1S/C26H31N3O5/c1-2-33-23(26(31)32)17-18-10-12-19(13-11-18)34-16-15-29-24(22-9-5-6-14-27-22)28-21-8-4-3-7-20(21)25(29)30/h3-4,7-8,10-13,22-23,27H,2,5-6,9,14-17H2,1H3,(H,31,32). The van der Waals surface area contributed by atoms with E-state index in [9.17, 15) is 14.7 Å². The second-order valence-corrected chi connectivity index (χ2v) is 8.43. The summed E-state index contributed by atoms with van der Waals surface area (Å²) in [4.78, 5) is 29.4. The summed E-state index contributed by atoms with van der Waals surface area (Å²) < 4.78 is 12.9. The second kappa shape index (κ2) is 11.3. The molecular weight excluding hydrogens is 434 g/mol. The molecule has 1 aliphatic rings. The number of nitrogens with one attached hydrogen (secondary N) is 1. The van der Waals surface area contributed by atoms with Gasteiger partial charge in [-0.1, -0.05) is 30.7 Å². The van der Waals surface area contributed by atoms with Crippen molar-refractivity contribution in [3.63, 3.8) is 0 Å². The van der Waals surface area contributed by atoms with Crippen LogP contribution in [0.4, 0.5) is 0 Å². The number of rotatable bonds is 10. The first-order chi connectivity index (χ1) is 16.6. The van der Waals surface area contributed by atoms with Crippen molar-refractivity contribution < 1.29 is 19.4 Å². The van der Waals surface area contributed by atoms with Gasteiger partial charge in [0.1, 0.15) is 18.2 Å². The molecule has 8 heteroatoms. The molecule has 1 aliphatic heterocycles. The first kappa shape index (κ1) is 23.9. The van der Waals surface area contributed by atoms with E-state index < -0.39 is 12.1 Å². The molecule has 1 aromatic heterocycles. The van der Waals surface area contributed by atoms with Crippen LogP contribution in [-0.4, -0.2) is 46.5 Å². The number of fused-ring (bicyclic) bond motifs is 1. The van der Waals surface area contributed by atoms with Crippen LogP contribution in [0.1, 0.15) is 43.6 Å². The number of aromatic nitrogens is 2. The molecule has 2 aromatic carbocycles. The van der Waals surface area contributed by atoms with E-state index in [0.29, 0.717) is 42.8 Å². The van der Waals surface area contributed by atoms with E-state index in [0.717, 1.165) is 37.2 Å². The Hall–Kier alpha value is -3.23. The van der Waals surface area contributed by atoms with Gasteiger partial charge in [0.2, 0.25) is 0 Å². The lowest BCUT2D eigenvalue weighted by molar-refractivity contribution is -0.149. The van der Waals surface area contributed by atoms with E-state index in [1.54, 1.807) is 11.5 Å². The lowest BCUT2D eigenvalue weighted by Gasteiger charge is -2.26. The third kappa shape index (κ3) is 5.63. The van der Waals surface area contributed by atoms with E-state index in [1.165, 1.54) is 0 Å². The minimum absolute atomic E-state index is 0.0532. The SMILES string of the molecule is CCOC(Cc1ccc(OCCn2c(C3CCCCN3)nc3ccccc3c2=O)cc1)C(=O)O. The Morgan fingerprint density at radius 3 is 2.71 bits per heavy atom. The van der Waals surface area contributed by atoms with Gasteiger partial charge in [-0.25, -0.2) is 9.78 Å². The maximum Gasteiger partial charge on any atom is 0.333 e. The first-order valence-electron chi connectivity index (χ1n) is 11.9. The quantitative estimate of drug-likeness (QED) is 0.473. The van der Waals surface area contributed by atoms with Gasteiger partial charge in [0, 0.05) is 13.0 Å². The molecule has 8 nitrogen and oxygen atoms in total. The minimum Gasteiger partial charge on any atom is -0.492 e. The van der Waals surface area contributed by atoms with E-state index in [2.05, 4.69) is 5.32 Å². The highest BCUT2D eigenvalue weighted by atomic mass is 16.5. The first-order valence-corrected chi connectivity index (χ1v) is 11.9. The van der Waals surface area contributed by atoms with Gasteiger partial charge in [0.15, 0.2) is 6.10 Å². The van der Waals surface area contributed by atoms with Crippen LogP contribution < -0.4 is 15.6 Å². The van der Waals surface area contributed by atoms with Gasteiger partial charge in [0.05, 0.1) is 23.5 Å². The van der Waals surface area contributed by atoms with Gasteiger partial charge in [-0.2, -0.15) is 0 Å². The number of carboxylic acid groups (broad SMARTS) is 1. The zero-order valence-electron chi connectivity index (χ0n) is 19.4. The predicted molar refractivity (Wildman–Crippen MR) is 129 cm³/mol. The average molecular weight is 466 g/mol. The highest BCUT2D eigenvalue weighted by Gasteiger charge is 2.22. The summed E-state index contributed by atoms with van der Waals surface area (Å²) in [7, 11) is 0. The number of ether oxygens (including phenoxy) is 2. The number of para-hydroxylation sites is 1. The van der Waals surface area contributed by atoms with E-state index in [1.807, 2.05) is 48.5 Å². The van der Waals surface area contributed by atoms with Gasteiger partial charge >= 0.3 is 5.97 Å².